The van der Waals surface area contributed by atoms with E-state index < -0.39 is 0 Å². The quantitative estimate of drug-likeness (QED) is 0.879. The van der Waals surface area contributed by atoms with E-state index in [0.29, 0.717) is 0 Å². The normalized spacial score (nSPS) is 14.6. The lowest BCUT2D eigenvalue weighted by Crippen LogP contribution is -2.14. The number of ether oxygens (including phenoxy) is 1. The largest absolute Gasteiger partial charge is 0.382 e. The van der Waals surface area contributed by atoms with Crippen molar-refractivity contribution in [2.24, 2.45) is 5.73 Å². The number of fused-ring (bicyclic) bond motifs is 1. The Labute approximate surface area is 108 Å². The van der Waals surface area contributed by atoms with E-state index in [-0.39, 0.29) is 12.1 Å². The van der Waals surface area contributed by atoms with Gasteiger partial charge in [-0.05, 0) is 43.5 Å². The standard InChI is InChI=1S/C15H20N2O/c1-11(18-2)5-7-14(16)12-6-8-15-13(10-12)4-3-9-17-15/h3-4,6,8-11,14H,5,7,16H2,1-2H3. The second-order valence-corrected chi connectivity index (χ2v) is 4.69. The first-order chi connectivity index (χ1) is 8.70. The third-order valence-corrected chi connectivity index (χ3v) is 3.34. The zero-order valence-corrected chi connectivity index (χ0v) is 11.0. The van der Waals surface area contributed by atoms with Gasteiger partial charge in [0, 0.05) is 24.7 Å². The van der Waals surface area contributed by atoms with Crippen LogP contribution in [0.25, 0.3) is 10.9 Å². The van der Waals surface area contributed by atoms with Gasteiger partial charge in [-0.1, -0.05) is 12.1 Å². The predicted molar refractivity (Wildman–Crippen MR) is 74.4 cm³/mol. The fourth-order valence-electron chi connectivity index (χ4n) is 2.02. The minimum atomic E-state index is 0.0622. The molecule has 1 aromatic heterocycles. The first kappa shape index (κ1) is 13.0. The van der Waals surface area contributed by atoms with Gasteiger partial charge >= 0.3 is 0 Å². The fraction of sp³-hybridized carbons (Fsp3) is 0.400. The van der Waals surface area contributed by atoms with Crippen molar-refractivity contribution in [2.45, 2.75) is 31.9 Å². The van der Waals surface area contributed by atoms with Crippen LogP contribution >= 0.6 is 0 Å². The molecule has 3 nitrogen and oxygen atoms in total. The van der Waals surface area contributed by atoms with E-state index in [1.165, 1.54) is 5.56 Å². The maximum atomic E-state index is 6.21. The maximum absolute atomic E-state index is 6.21. The van der Waals surface area contributed by atoms with Crippen molar-refractivity contribution in [1.29, 1.82) is 0 Å². The van der Waals surface area contributed by atoms with Gasteiger partial charge in [0.15, 0.2) is 0 Å². The number of methoxy groups -OCH3 is 1. The van der Waals surface area contributed by atoms with Crippen LogP contribution in [0.5, 0.6) is 0 Å². The number of benzene rings is 1. The molecule has 2 N–H and O–H groups in total. The molecule has 0 saturated carbocycles. The van der Waals surface area contributed by atoms with Crippen LogP contribution < -0.4 is 5.73 Å². The van der Waals surface area contributed by atoms with E-state index in [1.54, 1.807) is 7.11 Å². The lowest BCUT2D eigenvalue weighted by Gasteiger charge is -2.15. The molecule has 0 radical (unpaired) electrons. The van der Waals surface area contributed by atoms with Gasteiger partial charge in [-0.25, -0.2) is 0 Å². The van der Waals surface area contributed by atoms with Gasteiger partial charge in [0.05, 0.1) is 11.6 Å². The van der Waals surface area contributed by atoms with E-state index in [9.17, 15) is 0 Å². The Morgan fingerprint density at radius 2 is 2.11 bits per heavy atom. The van der Waals surface area contributed by atoms with Crippen molar-refractivity contribution >= 4 is 10.9 Å². The lowest BCUT2D eigenvalue weighted by atomic mass is 9.99. The molecule has 2 unspecified atom stereocenters. The number of nitrogens with two attached hydrogens (primary N) is 1. The summed E-state index contributed by atoms with van der Waals surface area (Å²) >= 11 is 0. The second kappa shape index (κ2) is 5.94. The van der Waals surface area contributed by atoms with Gasteiger partial charge in [0.25, 0.3) is 0 Å². The zero-order valence-electron chi connectivity index (χ0n) is 11.0. The van der Waals surface area contributed by atoms with Crippen LogP contribution in [0.1, 0.15) is 31.4 Å². The highest BCUT2D eigenvalue weighted by Gasteiger charge is 2.09. The molecule has 96 valence electrons. The van der Waals surface area contributed by atoms with Crippen LogP contribution in [0.2, 0.25) is 0 Å². The average molecular weight is 244 g/mol. The van der Waals surface area contributed by atoms with Crippen LogP contribution in [0.4, 0.5) is 0 Å². The number of aromatic nitrogens is 1. The van der Waals surface area contributed by atoms with Crippen LogP contribution in [-0.4, -0.2) is 18.2 Å². The molecule has 0 aliphatic rings. The molecule has 0 amide bonds. The summed E-state index contributed by atoms with van der Waals surface area (Å²) in [4.78, 5) is 4.31. The van der Waals surface area contributed by atoms with E-state index in [4.69, 9.17) is 10.5 Å². The molecule has 18 heavy (non-hydrogen) atoms. The molecule has 0 aliphatic heterocycles. The van der Waals surface area contributed by atoms with Crippen molar-refractivity contribution in [3.05, 3.63) is 42.1 Å². The molecular formula is C15H20N2O. The van der Waals surface area contributed by atoms with Crippen LogP contribution in [-0.2, 0) is 4.74 Å². The molecule has 0 spiro atoms. The van der Waals surface area contributed by atoms with E-state index in [1.807, 2.05) is 18.3 Å². The topological polar surface area (TPSA) is 48.1 Å². The van der Waals surface area contributed by atoms with Gasteiger partial charge in [-0.15, -0.1) is 0 Å². The summed E-state index contributed by atoms with van der Waals surface area (Å²) < 4.78 is 5.24. The SMILES string of the molecule is COC(C)CCC(N)c1ccc2ncccc2c1. The van der Waals surface area contributed by atoms with Gasteiger partial charge in [0.2, 0.25) is 0 Å². The van der Waals surface area contributed by atoms with Crippen LogP contribution in [0, 0.1) is 0 Å². The summed E-state index contributed by atoms with van der Waals surface area (Å²) in [6, 6.07) is 10.3. The number of pyridine rings is 1. The Morgan fingerprint density at radius 1 is 1.28 bits per heavy atom. The Hall–Kier alpha value is -1.45. The summed E-state index contributed by atoms with van der Waals surface area (Å²) in [5, 5.41) is 1.14. The summed E-state index contributed by atoms with van der Waals surface area (Å²) in [6.45, 7) is 2.07. The Morgan fingerprint density at radius 3 is 2.89 bits per heavy atom. The van der Waals surface area contributed by atoms with E-state index in [2.05, 4.69) is 30.1 Å². The van der Waals surface area contributed by atoms with Crippen molar-refractivity contribution < 1.29 is 4.74 Å². The number of rotatable bonds is 5. The monoisotopic (exact) mass is 244 g/mol. The van der Waals surface area contributed by atoms with E-state index in [0.717, 1.165) is 23.7 Å². The second-order valence-electron chi connectivity index (χ2n) is 4.69. The number of nitrogens with zero attached hydrogens (tertiary/aromatic N) is 1. The first-order valence-electron chi connectivity index (χ1n) is 6.33. The van der Waals surface area contributed by atoms with Crippen molar-refractivity contribution in [3.8, 4) is 0 Å². The molecule has 2 rings (SSSR count). The summed E-state index contributed by atoms with van der Waals surface area (Å²) in [7, 11) is 1.73. The third-order valence-electron chi connectivity index (χ3n) is 3.34. The highest BCUT2D eigenvalue weighted by atomic mass is 16.5. The summed E-state index contributed by atoms with van der Waals surface area (Å²) in [5.74, 6) is 0. The average Bonchev–Trinajstić information content (AvgIpc) is 2.43. The molecular weight excluding hydrogens is 224 g/mol. The third kappa shape index (κ3) is 3.06. The van der Waals surface area contributed by atoms with Crippen LogP contribution in [0.3, 0.4) is 0 Å². The number of hydrogen-bond donors (Lipinski definition) is 1. The molecule has 0 fully saturated rings. The Kier molecular flexibility index (Phi) is 4.28. The zero-order chi connectivity index (χ0) is 13.0. The molecule has 2 atom stereocenters. The smallest absolute Gasteiger partial charge is 0.0702 e. The molecule has 0 bridgehead atoms. The minimum absolute atomic E-state index is 0.0622. The minimum Gasteiger partial charge on any atom is -0.382 e. The maximum Gasteiger partial charge on any atom is 0.0702 e. The molecule has 0 saturated heterocycles. The van der Waals surface area contributed by atoms with Gasteiger partial charge in [-0.2, -0.15) is 0 Å². The number of hydrogen-bond acceptors (Lipinski definition) is 3. The molecule has 0 aliphatic carbocycles. The van der Waals surface area contributed by atoms with Crippen molar-refractivity contribution in [3.63, 3.8) is 0 Å². The van der Waals surface area contributed by atoms with Crippen molar-refractivity contribution in [1.82, 2.24) is 4.98 Å². The highest BCUT2D eigenvalue weighted by molar-refractivity contribution is 5.79. The lowest BCUT2D eigenvalue weighted by molar-refractivity contribution is 0.107. The van der Waals surface area contributed by atoms with Crippen LogP contribution in [0.15, 0.2) is 36.5 Å². The summed E-state index contributed by atoms with van der Waals surface area (Å²) in [5.41, 5.74) is 8.39. The highest BCUT2D eigenvalue weighted by Crippen LogP contribution is 2.21. The Bertz CT molecular complexity index is 513. The van der Waals surface area contributed by atoms with Gasteiger partial charge in [0.1, 0.15) is 0 Å². The fourth-order valence-corrected chi connectivity index (χ4v) is 2.02. The Balaban J connectivity index is 2.10. The van der Waals surface area contributed by atoms with Crippen molar-refractivity contribution in [2.75, 3.05) is 7.11 Å². The summed E-state index contributed by atoms with van der Waals surface area (Å²) in [6.07, 6.45) is 3.98. The molecule has 3 heteroatoms. The van der Waals surface area contributed by atoms with E-state index >= 15 is 0 Å². The molecule has 1 heterocycles. The van der Waals surface area contributed by atoms with Gasteiger partial charge in [-0.3, -0.25) is 4.98 Å². The molecule has 1 aromatic carbocycles. The predicted octanol–water partition coefficient (Wildman–Crippen LogP) is 3.05. The molecule has 2 aromatic rings. The van der Waals surface area contributed by atoms with Gasteiger partial charge < -0.3 is 10.5 Å². The first-order valence-corrected chi connectivity index (χ1v) is 6.33.